The van der Waals surface area contributed by atoms with Crippen LogP contribution in [0, 0.1) is 0 Å². The minimum Gasteiger partial charge on any atom is -0.324 e. The number of fused-ring (bicyclic) bond motifs is 9. The summed E-state index contributed by atoms with van der Waals surface area (Å²) in [5.74, 6) is 0.890. The second-order valence-corrected chi connectivity index (χ2v) is 19.3. The van der Waals surface area contributed by atoms with Gasteiger partial charge in [-0.2, -0.15) is 26.3 Å². The molecule has 0 spiro atoms. The molecule has 1 N–H and O–H groups in total. The zero-order chi connectivity index (χ0) is 52.2. The van der Waals surface area contributed by atoms with E-state index in [2.05, 4.69) is 104 Å². The quantitative estimate of drug-likeness (QED) is 0.172. The molecule has 0 saturated heterocycles. The van der Waals surface area contributed by atoms with Gasteiger partial charge in [0.25, 0.3) is 0 Å². The summed E-state index contributed by atoms with van der Waals surface area (Å²) < 4.78 is 94.7. The van der Waals surface area contributed by atoms with Gasteiger partial charge in [-0.3, -0.25) is 0 Å². The van der Waals surface area contributed by atoms with Crippen molar-refractivity contribution in [1.29, 1.82) is 0 Å². The van der Waals surface area contributed by atoms with E-state index in [1.54, 1.807) is 18.2 Å². The van der Waals surface area contributed by atoms with Crippen molar-refractivity contribution in [2.75, 3.05) is 0 Å². The van der Waals surface area contributed by atoms with Gasteiger partial charge in [-0.25, -0.2) is 9.98 Å². The van der Waals surface area contributed by atoms with Crippen LogP contribution in [0.2, 0.25) is 0 Å². The number of aliphatic imine (C=N–C) groups is 2. The molecular formula is C65H40F6N6. The Morgan fingerprint density at radius 1 is 0.377 bits per heavy atom. The van der Waals surface area contributed by atoms with Crippen LogP contribution in [0.15, 0.2) is 246 Å². The average molecular weight is 1020 g/mol. The molecule has 12 heteroatoms. The van der Waals surface area contributed by atoms with Crippen LogP contribution in [0.5, 0.6) is 0 Å². The largest absolute Gasteiger partial charge is 0.416 e. The van der Waals surface area contributed by atoms with E-state index >= 15 is 0 Å². The summed E-state index contributed by atoms with van der Waals surface area (Å²) in [4.78, 5) is 9.96. The Bertz CT molecular complexity index is 4430. The second-order valence-electron chi connectivity index (χ2n) is 19.3. The molecule has 2 aliphatic rings. The number of alkyl halides is 6. The lowest BCUT2D eigenvalue weighted by molar-refractivity contribution is -0.0970. The Morgan fingerprint density at radius 3 is 1.29 bits per heavy atom. The zero-order valence-corrected chi connectivity index (χ0v) is 40.6. The van der Waals surface area contributed by atoms with E-state index in [0.29, 0.717) is 28.5 Å². The molecule has 9 aromatic carbocycles. The first-order valence-corrected chi connectivity index (χ1v) is 25.0. The highest BCUT2D eigenvalue weighted by atomic mass is 19.4. The van der Waals surface area contributed by atoms with Gasteiger partial charge < -0.3 is 19.0 Å². The van der Waals surface area contributed by atoms with Gasteiger partial charge in [0.2, 0.25) is 0 Å². The van der Waals surface area contributed by atoms with E-state index in [-0.39, 0.29) is 27.9 Å². The molecule has 14 rings (SSSR count). The van der Waals surface area contributed by atoms with Crippen LogP contribution in [0.1, 0.15) is 17.5 Å². The van der Waals surface area contributed by atoms with E-state index in [4.69, 9.17) is 9.98 Å². The van der Waals surface area contributed by atoms with Crippen molar-refractivity contribution in [1.82, 2.24) is 19.0 Å². The Kier molecular flexibility index (Phi) is 10.4. The number of aromatic nitrogens is 3. The maximum Gasteiger partial charge on any atom is 0.416 e. The maximum atomic E-state index is 14.7. The van der Waals surface area contributed by atoms with Gasteiger partial charge in [0.05, 0.1) is 38.7 Å². The van der Waals surface area contributed by atoms with Gasteiger partial charge in [0.1, 0.15) is 11.7 Å². The molecule has 372 valence electrons. The molecule has 0 atom stereocenters. The standard InChI is InChI=1S/C65H40F6N6/c66-64(67,68)42-33-41(34-43(35-42)65(69,70)71)47-30-27-44(38-54(47)63-73-61(39-15-3-1-4-16-39)72-62(74-63)40-17-5-2-6-18-40)77-59-31-28-45(75-55-23-11-7-19-48(55)49-20-8-12-24-56(49)75)36-52(59)53-37-46(29-32-60(53)77)76-57-25-13-9-21-50(57)51-22-10-14-26-58(51)76/h1-33,35-38H,34H2,(H,72,73,74). The van der Waals surface area contributed by atoms with Crippen molar-refractivity contribution >= 4 is 88.5 Å². The van der Waals surface area contributed by atoms with Crippen molar-refractivity contribution in [3.05, 3.63) is 257 Å². The molecule has 1 aliphatic carbocycles. The van der Waals surface area contributed by atoms with Crippen molar-refractivity contribution < 1.29 is 26.3 Å². The first-order valence-electron chi connectivity index (χ1n) is 25.0. The van der Waals surface area contributed by atoms with Gasteiger partial charge in [0, 0.05) is 77.7 Å². The van der Waals surface area contributed by atoms with Gasteiger partial charge in [-0.15, -0.1) is 0 Å². The predicted molar refractivity (Wildman–Crippen MR) is 298 cm³/mol. The van der Waals surface area contributed by atoms with Crippen LogP contribution in [0.4, 0.5) is 26.3 Å². The maximum absolute atomic E-state index is 14.7. The number of amidine groups is 2. The van der Waals surface area contributed by atoms with Crippen molar-refractivity contribution in [3.8, 4) is 17.1 Å². The molecule has 12 aromatic rings. The lowest BCUT2D eigenvalue weighted by Crippen LogP contribution is -2.38. The van der Waals surface area contributed by atoms with E-state index in [1.807, 2.05) is 109 Å². The molecule has 0 amide bonds. The number of rotatable bonds is 5. The highest BCUT2D eigenvalue weighted by Crippen LogP contribution is 2.42. The molecule has 0 bridgehead atoms. The van der Waals surface area contributed by atoms with Crippen molar-refractivity contribution in [2.45, 2.75) is 18.8 Å². The number of nitrogens with one attached hydrogen (secondary N) is 1. The van der Waals surface area contributed by atoms with E-state index in [9.17, 15) is 26.3 Å². The number of hydrogen-bond acceptors (Lipinski definition) is 3. The first-order chi connectivity index (χ1) is 37.4. The predicted octanol–water partition coefficient (Wildman–Crippen LogP) is 15.1. The summed E-state index contributed by atoms with van der Waals surface area (Å²) in [6.45, 7) is 0. The lowest BCUT2D eigenvalue weighted by Gasteiger charge is -2.21. The number of benzene rings is 9. The minimum absolute atomic E-state index is 0.140. The fraction of sp³-hybridized carbons (Fsp3) is 0.0462. The summed E-state index contributed by atoms with van der Waals surface area (Å²) >= 11 is 0. The molecule has 0 fully saturated rings. The topological polar surface area (TPSA) is 51.5 Å². The third-order valence-electron chi connectivity index (χ3n) is 14.8. The third-order valence-corrected chi connectivity index (χ3v) is 14.8. The number of hydrogen-bond donors (Lipinski definition) is 1. The molecule has 0 saturated carbocycles. The smallest absolute Gasteiger partial charge is 0.324 e. The Balaban J connectivity index is 1.08. The van der Waals surface area contributed by atoms with Crippen LogP contribution < -0.4 is 15.8 Å². The van der Waals surface area contributed by atoms with Gasteiger partial charge >= 0.3 is 12.4 Å². The highest BCUT2D eigenvalue weighted by Gasteiger charge is 2.41. The second kappa shape index (κ2) is 17.5. The summed E-state index contributed by atoms with van der Waals surface area (Å²) in [5, 5.41) is 10.1. The summed E-state index contributed by atoms with van der Waals surface area (Å²) in [5.41, 5.74) is 6.73. The van der Waals surface area contributed by atoms with Crippen LogP contribution in [0.3, 0.4) is 0 Å². The van der Waals surface area contributed by atoms with Crippen LogP contribution in [0.25, 0.3) is 93.9 Å². The minimum atomic E-state index is -5.07. The van der Waals surface area contributed by atoms with E-state index in [0.717, 1.165) is 82.9 Å². The van der Waals surface area contributed by atoms with E-state index < -0.39 is 29.9 Å². The van der Waals surface area contributed by atoms with Crippen molar-refractivity contribution in [2.24, 2.45) is 9.98 Å². The number of nitrogens with zero attached hydrogens (tertiary/aromatic N) is 5. The molecule has 0 radical (unpaired) electrons. The first kappa shape index (κ1) is 45.9. The van der Waals surface area contributed by atoms with Crippen LogP contribution >= 0.6 is 0 Å². The number of para-hydroxylation sites is 4. The van der Waals surface area contributed by atoms with Gasteiger partial charge in [0.15, 0.2) is 5.84 Å². The lowest BCUT2D eigenvalue weighted by atomic mass is 9.92. The van der Waals surface area contributed by atoms with Crippen LogP contribution in [-0.4, -0.2) is 37.7 Å². The number of halogens is 6. The molecule has 77 heavy (non-hydrogen) atoms. The van der Waals surface area contributed by atoms with Crippen LogP contribution in [-0.2, 0) is 0 Å². The monoisotopic (exact) mass is 1020 g/mol. The van der Waals surface area contributed by atoms with Gasteiger partial charge in [-0.1, -0.05) is 140 Å². The highest BCUT2D eigenvalue weighted by molar-refractivity contribution is 6.17. The number of allylic oxidation sites excluding steroid dienone is 4. The van der Waals surface area contributed by atoms with Gasteiger partial charge in [-0.05, 0) is 95.7 Å². The molecule has 6 nitrogen and oxygen atoms in total. The van der Waals surface area contributed by atoms with Crippen molar-refractivity contribution in [3.63, 3.8) is 0 Å². The SMILES string of the molecule is FC(F)(F)C1=CC(=c2ccc(-n3c4ccc(-n5c6ccccc6c6ccccc65)cc4c4cc(-n5c6ccccc6c6ccccc65)ccc43)cc2=C2N=C(c3ccccc3)N=C(c3ccccc3)N2)CC(C(F)(F)F)=C1. The summed E-state index contributed by atoms with van der Waals surface area (Å²) in [6, 6.07) is 69.7. The zero-order valence-electron chi connectivity index (χ0n) is 40.6. The Morgan fingerprint density at radius 2 is 0.805 bits per heavy atom. The molecular weight excluding hydrogens is 979 g/mol. The Hall–Kier alpha value is -9.68. The normalized spacial score (nSPS) is 15.8. The summed E-state index contributed by atoms with van der Waals surface area (Å²) in [7, 11) is 0. The van der Waals surface area contributed by atoms with E-state index in [1.165, 1.54) is 0 Å². The molecule has 0 unspecified atom stereocenters. The summed E-state index contributed by atoms with van der Waals surface area (Å²) in [6.07, 6.45) is -9.88. The fourth-order valence-corrected chi connectivity index (χ4v) is 11.3. The third kappa shape index (κ3) is 7.65. The fourth-order valence-electron chi connectivity index (χ4n) is 11.3. The molecule has 3 aromatic heterocycles. The molecule has 1 aliphatic heterocycles. The Labute approximate surface area is 435 Å². The molecule has 4 heterocycles. The average Bonchev–Trinajstić information content (AvgIpc) is 4.27.